The third-order valence-corrected chi connectivity index (χ3v) is 3.13. The van der Waals surface area contributed by atoms with Crippen LogP contribution in [0, 0.1) is 15.9 Å². The molecule has 0 saturated heterocycles. The van der Waals surface area contributed by atoms with Gasteiger partial charge in [0.05, 0.1) is 23.3 Å². The van der Waals surface area contributed by atoms with Crippen molar-refractivity contribution in [2.75, 3.05) is 18.9 Å². The number of anilines is 1. The first-order valence-electron chi connectivity index (χ1n) is 6.11. The van der Waals surface area contributed by atoms with Crippen LogP contribution in [0.2, 0.25) is 0 Å². The Hall–Kier alpha value is -2.22. The van der Waals surface area contributed by atoms with Crippen LogP contribution in [-0.2, 0) is 0 Å². The van der Waals surface area contributed by atoms with Crippen LogP contribution >= 0.6 is 0 Å². The monoisotopic (exact) mass is 283 g/mol. The molecule has 0 spiro atoms. The number of amides is 1. The number of nitro benzene ring substituents is 1. The predicted octanol–water partition coefficient (Wildman–Crippen LogP) is 0.913. The Morgan fingerprint density at radius 1 is 1.55 bits per heavy atom. The van der Waals surface area contributed by atoms with Crippen molar-refractivity contribution in [2.45, 2.75) is 18.9 Å². The summed E-state index contributed by atoms with van der Waals surface area (Å²) in [6.07, 6.45) is 1.58. The number of aliphatic hydroxyl groups is 1. The Balaban J connectivity index is 2.41. The number of hydrogen-bond donors (Lipinski definition) is 2. The summed E-state index contributed by atoms with van der Waals surface area (Å²) in [5, 5.41) is 19.9. The third kappa shape index (κ3) is 2.69. The Bertz CT molecular complexity index is 560. The van der Waals surface area contributed by atoms with Crippen molar-refractivity contribution in [2.24, 2.45) is 0 Å². The summed E-state index contributed by atoms with van der Waals surface area (Å²) in [7, 11) is 0. The summed E-state index contributed by atoms with van der Waals surface area (Å²) < 4.78 is 13.3. The maximum Gasteiger partial charge on any atom is 0.285 e. The zero-order chi connectivity index (χ0) is 14.9. The van der Waals surface area contributed by atoms with Gasteiger partial charge in [0.2, 0.25) is 0 Å². The number of nitrogens with two attached hydrogens (primary N) is 1. The van der Waals surface area contributed by atoms with Crippen LogP contribution in [-0.4, -0.2) is 40.0 Å². The molecule has 1 aromatic rings. The van der Waals surface area contributed by atoms with E-state index in [1.165, 1.54) is 4.90 Å². The number of nitrogens with zero attached hydrogens (tertiary/aromatic N) is 2. The number of benzene rings is 1. The van der Waals surface area contributed by atoms with Gasteiger partial charge >= 0.3 is 0 Å². The first kappa shape index (κ1) is 14.2. The Morgan fingerprint density at radius 2 is 2.20 bits per heavy atom. The fourth-order valence-electron chi connectivity index (χ4n) is 2.00. The number of carbonyl (C=O) groups is 1. The van der Waals surface area contributed by atoms with Crippen molar-refractivity contribution >= 4 is 17.3 Å². The number of aliphatic hydroxyl groups excluding tert-OH is 1. The lowest BCUT2D eigenvalue weighted by atomic mass is 10.1. The molecule has 0 aromatic heterocycles. The molecule has 0 bridgehead atoms. The van der Waals surface area contributed by atoms with Crippen LogP contribution in [0.4, 0.5) is 15.8 Å². The van der Waals surface area contributed by atoms with E-state index in [1.807, 2.05) is 0 Å². The Kier molecular flexibility index (Phi) is 3.84. The van der Waals surface area contributed by atoms with Crippen molar-refractivity contribution < 1.29 is 19.2 Å². The summed E-state index contributed by atoms with van der Waals surface area (Å²) in [5.41, 5.74) is 4.18. The molecule has 1 aliphatic carbocycles. The highest BCUT2D eigenvalue weighted by Crippen LogP contribution is 2.31. The number of nitrogen functional groups attached to an aromatic ring is 1. The zero-order valence-electron chi connectivity index (χ0n) is 10.6. The van der Waals surface area contributed by atoms with Gasteiger partial charge in [-0.3, -0.25) is 14.9 Å². The number of rotatable bonds is 5. The quantitative estimate of drug-likeness (QED) is 0.474. The van der Waals surface area contributed by atoms with Crippen LogP contribution in [0.1, 0.15) is 23.2 Å². The smallest absolute Gasteiger partial charge is 0.285 e. The molecule has 1 aliphatic rings. The van der Waals surface area contributed by atoms with Gasteiger partial charge in [-0.1, -0.05) is 0 Å². The van der Waals surface area contributed by atoms with E-state index in [4.69, 9.17) is 10.8 Å². The van der Waals surface area contributed by atoms with Crippen LogP contribution in [0.5, 0.6) is 0 Å². The molecular weight excluding hydrogens is 269 g/mol. The second kappa shape index (κ2) is 5.41. The van der Waals surface area contributed by atoms with Crippen molar-refractivity contribution in [3.63, 3.8) is 0 Å². The minimum Gasteiger partial charge on any atom is -0.396 e. The summed E-state index contributed by atoms with van der Waals surface area (Å²) >= 11 is 0. The van der Waals surface area contributed by atoms with Gasteiger partial charge < -0.3 is 15.7 Å². The van der Waals surface area contributed by atoms with Crippen molar-refractivity contribution in [3.8, 4) is 0 Å². The first-order valence-corrected chi connectivity index (χ1v) is 6.11. The Morgan fingerprint density at radius 3 is 2.70 bits per heavy atom. The van der Waals surface area contributed by atoms with Crippen LogP contribution < -0.4 is 5.73 Å². The van der Waals surface area contributed by atoms with Crippen LogP contribution in [0.25, 0.3) is 0 Å². The maximum atomic E-state index is 13.3. The fourth-order valence-corrected chi connectivity index (χ4v) is 2.00. The van der Waals surface area contributed by atoms with Crippen LogP contribution in [0.3, 0.4) is 0 Å². The lowest BCUT2D eigenvalue weighted by Crippen LogP contribution is -2.36. The molecule has 2 rings (SSSR count). The van der Waals surface area contributed by atoms with Crippen molar-refractivity contribution in [3.05, 3.63) is 33.6 Å². The van der Waals surface area contributed by atoms with Crippen LogP contribution in [0.15, 0.2) is 12.1 Å². The molecule has 1 aromatic carbocycles. The lowest BCUT2D eigenvalue weighted by Gasteiger charge is -2.21. The fraction of sp³-hybridized carbons (Fsp3) is 0.417. The highest BCUT2D eigenvalue weighted by molar-refractivity contribution is 5.99. The molecule has 0 atom stereocenters. The third-order valence-electron chi connectivity index (χ3n) is 3.13. The molecule has 1 saturated carbocycles. The lowest BCUT2D eigenvalue weighted by molar-refractivity contribution is -0.385. The molecule has 1 amide bonds. The maximum absolute atomic E-state index is 13.3. The van der Waals surface area contributed by atoms with Gasteiger partial charge in [0.1, 0.15) is 5.56 Å². The molecule has 3 N–H and O–H groups in total. The number of hydrogen-bond acceptors (Lipinski definition) is 5. The molecule has 0 heterocycles. The molecule has 0 aliphatic heterocycles. The van der Waals surface area contributed by atoms with Gasteiger partial charge in [-0.2, -0.15) is 0 Å². The minimum absolute atomic E-state index is 0.0273. The van der Waals surface area contributed by atoms with E-state index >= 15 is 0 Å². The topological polar surface area (TPSA) is 110 Å². The standard InChI is InChI=1S/C12H14FN3O4/c13-9-6-11(16(19)20)8(5-10(9)14)12(18)15(3-4-17)7-1-2-7/h5-7,17H,1-4,14H2. The van der Waals surface area contributed by atoms with E-state index < -0.39 is 22.3 Å². The van der Waals surface area contributed by atoms with E-state index in [1.54, 1.807) is 0 Å². The Labute approximate surface area is 113 Å². The van der Waals surface area contributed by atoms with E-state index in [2.05, 4.69) is 0 Å². The van der Waals surface area contributed by atoms with Gasteiger partial charge in [-0.25, -0.2) is 4.39 Å². The molecule has 0 unspecified atom stereocenters. The number of carbonyl (C=O) groups excluding carboxylic acids is 1. The minimum atomic E-state index is -0.937. The normalized spacial score (nSPS) is 14.1. The molecule has 108 valence electrons. The summed E-state index contributed by atoms with van der Waals surface area (Å²) in [6.45, 7) is -0.162. The van der Waals surface area contributed by atoms with Crippen molar-refractivity contribution in [1.82, 2.24) is 4.90 Å². The summed E-state index contributed by atoms with van der Waals surface area (Å²) in [6, 6.07) is 1.59. The second-order valence-electron chi connectivity index (χ2n) is 4.60. The number of nitro groups is 1. The molecule has 8 heteroatoms. The van der Waals surface area contributed by atoms with Gasteiger partial charge in [-0.15, -0.1) is 0 Å². The molecular formula is C12H14FN3O4. The average Bonchev–Trinajstić information content (AvgIpc) is 3.22. The number of halogens is 1. The molecule has 7 nitrogen and oxygen atoms in total. The zero-order valence-corrected chi connectivity index (χ0v) is 10.6. The van der Waals surface area contributed by atoms with Crippen molar-refractivity contribution in [1.29, 1.82) is 0 Å². The molecule has 20 heavy (non-hydrogen) atoms. The van der Waals surface area contributed by atoms with Gasteiger partial charge in [0.15, 0.2) is 5.82 Å². The first-order chi connectivity index (χ1) is 9.45. The highest BCUT2D eigenvalue weighted by atomic mass is 19.1. The van der Waals surface area contributed by atoms with Gasteiger partial charge in [0, 0.05) is 12.6 Å². The molecule has 1 fully saturated rings. The largest absolute Gasteiger partial charge is 0.396 e. The highest BCUT2D eigenvalue weighted by Gasteiger charge is 2.35. The van der Waals surface area contributed by atoms with Gasteiger partial charge in [-0.05, 0) is 18.9 Å². The van der Waals surface area contributed by atoms with E-state index in [0.717, 1.165) is 18.9 Å². The van der Waals surface area contributed by atoms with E-state index in [-0.39, 0.29) is 30.4 Å². The van der Waals surface area contributed by atoms with E-state index in [0.29, 0.717) is 6.07 Å². The summed E-state index contributed by atoms with van der Waals surface area (Å²) in [5.74, 6) is -1.55. The molecule has 0 radical (unpaired) electrons. The SMILES string of the molecule is Nc1cc(C(=O)N(CCO)C2CC2)c([N+](=O)[O-])cc1F. The van der Waals surface area contributed by atoms with Gasteiger partial charge in [0.25, 0.3) is 11.6 Å². The predicted molar refractivity (Wildman–Crippen MR) is 68.6 cm³/mol. The summed E-state index contributed by atoms with van der Waals surface area (Å²) in [4.78, 5) is 23.8. The second-order valence-corrected chi connectivity index (χ2v) is 4.60. The average molecular weight is 283 g/mol. The van der Waals surface area contributed by atoms with E-state index in [9.17, 15) is 19.3 Å².